The van der Waals surface area contributed by atoms with Crippen LogP contribution in [0.3, 0.4) is 0 Å². The van der Waals surface area contributed by atoms with Crippen molar-refractivity contribution in [3.8, 4) is 28.0 Å². The van der Waals surface area contributed by atoms with Gasteiger partial charge >= 0.3 is 0 Å². The molecule has 4 aromatic carbocycles. The van der Waals surface area contributed by atoms with E-state index in [1.807, 2.05) is 24.3 Å². The zero-order valence-electron chi connectivity index (χ0n) is 17.7. The molecule has 1 aliphatic carbocycles. The zero-order valence-corrected chi connectivity index (χ0v) is 17.7. The summed E-state index contributed by atoms with van der Waals surface area (Å²) in [5.41, 5.74) is 8.02. The summed E-state index contributed by atoms with van der Waals surface area (Å²) < 4.78 is 2.41. The SMILES string of the molecule is Oc1ccccc1-c1cccc(-c2ccc3c(c2)c2ccccc2n3C2=CC=CCC2)c1. The summed E-state index contributed by atoms with van der Waals surface area (Å²) in [6, 6.07) is 31.3. The topological polar surface area (TPSA) is 25.2 Å². The number of nitrogens with zero attached hydrogens (tertiary/aromatic N) is 1. The predicted octanol–water partition coefficient (Wildman–Crippen LogP) is 8.03. The Morgan fingerprint density at radius 3 is 2.31 bits per heavy atom. The molecule has 1 N–H and O–H groups in total. The van der Waals surface area contributed by atoms with E-state index in [1.54, 1.807) is 6.07 Å². The highest BCUT2D eigenvalue weighted by Crippen LogP contribution is 2.37. The van der Waals surface area contributed by atoms with Gasteiger partial charge in [0.2, 0.25) is 0 Å². The van der Waals surface area contributed by atoms with Crippen molar-refractivity contribution in [1.29, 1.82) is 0 Å². The van der Waals surface area contributed by atoms with Crippen LogP contribution < -0.4 is 0 Å². The Bertz CT molecular complexity index is 1530. The van der Waals surface area contributed by atoms with Crippen LogP contribution in [0.5, 0.6) is 5.75 Å². The number of hydrogen-bond donors (Lipinski definition) is 1. The highest BCUT2D eigenvalue weighted by molar-refractivity contribution is 6.11. The van der Waals surface area contributed by atoms with E-state index in [4.69, 9.17) is 0 Å². The molecule has 0 saturated carbocycles. The minimum Gasteiger partial charge on any atom is -0.507 e. The molecule has 2 heteroatoms. The molecule has 0 amide bonds. The van der Waals surface area contributed by atoms with E-state index < -0.39 is 0 Å². The zero-order chi connectivity index (χ0) is 21.5. The standard InChI is InChI=1S/C30H23NO/c32-30-16-7-5-13-25(30)23-10-8-9-21(19-23)22-17-18-29-27(20-22)26-14-4-6-15-28(26)31(29)24-11-2-1-3-12-24/h1-2,4-11,13-20,32H,3,12H2. The third-order valence-corrected chi connectivity index (χ3v) is 6.36. The van der Waals surface area contributed by atoms with Crippen molar-refractivity contribution in [3.05, 3.63) is 109 Å². The number of phenolic OH excluding ortho intramolecular Hbond substituents is 1. The molecule has 32 heavy (non-hydrogen) atoms. The molecule has 1 heterocycles. The van der Waals surface area contributed by atoms with Gasteiger partial charge in [0.1, 0.15) is 5.75 Å². The number of benzene rings is 4. The minimum absolute atomic E-state index is 0.304. The summed E-state index contributed by atoms with van der Waals surface area (Å²) in [4.78, 5) is 0. The smallest absolute Gasteiger partial charge is 0.123 e. The molecule has 2 nitrogen and oxygen atoms in total. The number of para-hydroxylation sites is 2. The molecule has 0 unspecified atom stereocenters. The van der Waals surface area contributed by atoms with Crippen LogP contribution >= 0.6 is 0 Å². The van der Waals surface area contributed by atoms with Gasteiger partial charge in [-0.3, -0.25) is 0 Å². The van der Waals surface area contributed by atoms with Gasteiger partial charge in [-0.15, -0.1) is 0 Å². The first-order valence-corrected chi connectivity index (χ1v) is 11.1. The van der Waals surface area contributed by atoms with Crippen molar-refractivity contribution in [2.24, 2.45) is 0 Å². The number of aromatic hydroxyl groups is 1. The fourth-order valence-corrected chi connectivity index (χ4v) is 4.82. The predicted molar refractivity (Wildman–Crippen MR) is 135 cm³/mol. The molecule has 0 bridgehead atoms. The monoisotopic (exact) mass is 413 g/mol. The lowest BCUT2D eigenvalue weighted by Gasteiger charge is -2.14. The summed E-state index contributed by atoms with van der Waals surface area (Å²) >= 11 is 0. The molecular formula is C30H23NO. The maximum absolute atomic E-state index is 10.3. The quantitative estimate of drug-likeness (QED) is 0.318. The van der Waals surface area contributed by atoms with Crippen LogP contribution in [0.1, 0.15) is 12.8 Å². The molecule has 1 aromatic heterocycles. The summed E-state index contributed by atoms with van der Waals surface area (Å²) in [6.07, 6.45) is 8.76. The van der Waals surface area contributed by atoms with E-state index >= 15 is 0 Å². The number of rotatable bonds is 3. The number of aromatic nitrogens is 1. The first-order chi connectivity index (χ1) is 15.8. The normalized spacial score (nSPS) is 13.6. The Hall–Kier alpha value is -4.04. The van der Waals surface area contributed by atoms with Crippen molar-refractivity contribution in [1.82, 2.24) is 4.57 Å². The molecule has 0 fully saturated rings. The molecule has 5 aromatic rings. The van der Waals surface area contributed by atoms with Gasteiger partial charge in [-0.25, -0.2) is 0 Å². The third-order valence-electron chi connectivity index (χ3n) is 6.36. The summed E-state index contributed by atoms with van der Waals surface area (Å²) in [6.45, 7) is 0. The summed E-state index contributed by atoms with van der Waals surface area (Å²) in [5.74, 6) is 0.304. The van der Waals surface area contributed by atoms with Crippen LogP contribution in [0, 0.1) is 0 Å². The molecule has 0 spiro atoms. The second-order valence-electron chi connectivity index (χ2n) is 8.31. The van der Waals surface area contributed by atoms with E-state index in [2.05, 4.69) is 83.5 Å². The van der Waals surface area contributed by atoms with Gasteiger partial charge in [0.25, 0.3) is 0 Å². The fraction of sp³-hybridized carbons (Fsp3) is 0.0667. The molecule has 0 aliphatic heterocycles. The lowest BCUT2D eigenvalue weighted by molar-refractivity contribution is 0.477. The molecule has 0 atom stereocenters. The highest BCUT2D eigenvalue weighted by Gasteiger charge is 2.15. The largest absolute Gasteiger partial charge is 0.507 e. The van der Waals surface area contributed by atoms with Gasteiger partial charge in [-0.2, -0.15) is 0 Å². The van der Waals surface area contributed by atoms with Gasteiger partial charge in [0.05, 0.1) is 11.0 Å². The average molecular weight is 414 g/mol. The van der Waals surface area contributed by atoms with Crippen molar-refractivity contribution in [2.45, 2.75) is 12.8 Å². The number of fused-ring (bicyclic) bond motifs is 3. The van der Waals surface area contributed by atoms with Gasteiger partial charge in [0.15, 0.2) is 0 Å². The summed E-state index contributed by atoms with van der Waals surface area (Å²) in [7, 11) is 0. The Balaban J connectivity index is 1.54. The lowest BCUT2D eigenvalue weighted by Crippen LogP contribution is -1.98. The van der Waals surface area contributed by atoms with Crippen LogP contribution in [-0.2, 0) is 0 Å². The van der Waals surface area contributed by atoms with Crippen molar-refractivity contribution in [2.75, 3.05) is 0 Å². The van der Waals surface area contributed by atoms with Crippen LogP contribution in [-0.4, -0.2) is 9.67 Å². The van der Waals surface area contributed by atoms with Crippen LogP contribution in [0.25, 0.3) is 49.8 Å². The van der Waals surface area contributed by atoms with E-state index in [0.29, 0.717) is 5.75 Å². The minimum atomic E-state index is 0.304. The van der Waals surface area contributed by atoms with Crippen molar-refractivity contribution in [3.63, 3.8) is 0 Å². The summed E-state index contributed by atoms with van der Waals surface area (Å²) in [5, 5.41) is 12.8. The average Bonchev–Trinajstić information content (AvgIpc) is 3.19. The Morgan fingerprint density at radius 1 is 0.656 bits per heavy atom. The number of hydrogen-bond acceptors (Lipinski definition) is 1. The van der Waals surface area contributed by atoms with E-state index in [1.165, 1.54) is 33.1 Å². The maximum atomic E-state index is 10.3. The van der Waals surface area contributed by atoms with Crippen LogP contribution in [0.15, 0.2) is 109 Å². The Kier molecular flexibility index (Phi) is 4.43. The lowest BCUT2D eigenvalue weighted by atomic mass is 9.97. The van der Waals surface area contributed by atoms with E-state index in [-0.39, 0.29) is 0 Å². The van der Waals surface area contributed by atoms with Gasteiger partial charge in [-0.1, -0.05) is 72.8 Å². The molecule has 0 radical (unpaired) electrons. The highest BCUT2D eigenvalue weighted by atomic mass is 16.3. The van der Waals surface area contributed by atoms with Crippen LogP contribution in [0.4, 0.5) is 0 Å². The van der Waals surface area contributed by atoms with E-state index in [9.17, 15) is 5.11 Å². The van der Waals surface area contributed by atoms with Gasteiger partial charge < -0.3 is 9.67 Å². The molecule has 154 valence electrons. The van der Waals surface area contributed by atoms with Gasteiger partial charge in [-0.05, 0) is 65.9 Å². The molecule has 1 aliphatic rings. The Morgan fingerprint density at radius 2 is 1.44 bits per heavy atom. The second kappa shape index (κ2) is 7.58. The van der Waals surface area contributed by atoms with E-state index in [0.717, 1.165) is 29.5 Å². The van der Waals surface area contributed by atoms with Crippen molar-refractivity contribution >= 4 is 27.5 Å². The number of allylic oxidation sites excluding steroid dienone is 4. The Labute approximate surface area is 187 Å². The third kappa shape index (κ3) is 3.04. The first-order valence-electron chi connectivity index (χ1n) is 11.1. The molecule has 6 rings (SSSR count). The van der Waals surface area contributed by atoms with Crippen LogP contribution in [0.2, 0.25) is 0 Å². The first kappa shape index (κ1) is 18.7. The molecule has 0 saturated heterocycles. The fourth-order valence-electron chi connectivity index (χ4n) is 4.82. The second-order valence-corrected chi connectivity index (χ2v) is 8.31. The number of phenols is 1. The maximum Gasteiger partial charge on any atom is 0.123 e. The molecular weight excluding hydrogens is 390 g/mol. The van der Waals surface area contributed by atoms with Crippen molar-refractivity contribution < 1.29 is 5.11 Å². The van der Waals surface area contributed by atoms with Gasteiger partial charge in [0, 0.05) is 22.0 Å².